The summed E-state index contributed by atoms with van der Waals surface area (Å²) >= 11 is 5.45. The van der Waals surface area contributed by atoms with Crippen molar-refractivity contribution in [3.8, 4) is 0 Å². The van der Waals surface area contributed by atoms with Gasteiger partial charge in [-0.2, -0.15) is 0 Å². The minimum atomic E-state index is -0.278. The molecule has 160 valence electrons. The van der Waals surface area contributed by atoms with Gasteiger partial charge in [0.1, 0.15) is 0 Å². The van der Waals surface area contributed by atoms with Crippen molar-refractivity contribution in [1.82, 2.24) is 10.3 Å². The molecule has 4 rings (SSSR count). The Kier molecular flexibility index (Phi) is 6.69. The smallest absolute Gasteiger partial charge is 0.255 e. The summed E-state index contributed by atoms with van der Waals surface area (Å²) in [6, 6.07) is 24.6. The highest BCUT2D eigenvalue weighted by molar-refractivity contribution is 7.80. The van der Waals surface area contributed by atoms with Crippen molar-refractivity contribution in [2.24, 2.45) is 5.73 Å². The zero-order valence-electron chi connectivity index (χ0n) is 17.3. The molecule has 0 saturated carbocycles. The van der Waals surface area contributed by atoms with E-state index in [1.54, 1.807) is 36.7 Å². The highest BCUT2D eigenvalue weighted by Gasteiger charge is 2.10. The third kappa shape index (κ3) is 5.26. The van der Waals surface area contributed by atoms with Crippen LogP contribution in [0.4, 0.5) is 11.4 Å². The molecule has 0 spiro atoms. The molecule has 0 fully saturated rings. The summed E-state index contributed by atoms with van der Waals surface area (Å²) in [6.07, 6.45) is 3.26. The number of hydrogen-bond acceptors (Lipinski definition) is 4. The summed E-state index contributed by atoms with van der Waals surface area (Å²) in [6.45, 7) is 0.457. The molecule has 1 amide bonds. The highest BCUT2D eigenvalue weighted by Crippen LogP contribution is 2.22. The summed E-state index contributed by atoms with van der Waals surface area (Å²) in [7, 11) is 0. The molecule has 0 saturated heterocycles. The molecule has 0 radical (unpaired) electrons. The van der Waals surface area contributed by atoms with Crippen LogP contribution in [-0.4, -0.2) is 22.5 Å². The fourth-order valence-electron chi connectivity index (χ4n) is 3.34. The average Bonchev–Trinajstić information content (AvgIpc) is 2.83. The molecule has 32 heavy (non-hydrogen) atoms. The maximum absolute atomic E-state index is 12.4. The molecular weight excluding hydrogens is 418 g/mol. The Morgan fingerprint density at radius 2 is 1.62 bits per heavy atom. The first-order valence-corrected chi connectivity index (χ1v) is 10.6. The number of rotatable bonds is 6. The van der Waals surface area contributed by atoms with E-state index in [1.807, 2.05) is 36.4 Å². The number of aromatic nitrogens is 1. The first-order chi connectivity index (χ1) is 15.6. The number of fused-ring (bicyclic) bond motifs is 1. The number of pyridine rings is 1. The molecule has 1 heterocycles. The first kappa shape index (κ1) is 21.4. The van der Waals surface area contributed by atoms with Crippen molar-refractivity contribution < 1.29 is 4.79 Å². The largest absolute Gasteiger partial charge is 0.361 e. The molecule has 3 aromatic carbocycles. The molecule has 0 aliphatic rings. The highest BCUT2D eigenvalue weighted by atomic mass is 32.1. The Morgan fingerprint density at radius 1 is 0.906 bits per heavy atom. The van der Waals surface area contributed by atoms with Crippen LogP contribution in [-0.2, 0) is 0 Å². The normalized spacial score (nSPS) is 11.5. The number of carbonyl (C=O) groups excluding carboxylic acids is 1. The van der Waals surface area contributed by atoms with E-state index in [2.05, 4.69) is 39.1 Å². The number of anilines is 2. The van der Waals surface area contributed by atoms with Gasteiger partial charge in [-0.25, -0.2) is 0 Å². The lowest BCUT2D eigenvalue weighted by molar-refractivity contribution is 0.102. The quantitative estimate of drug-likeness (QED) is 0.330. The lowest BCUT2D eigenvalue weighted by atomic mass is 10.1. The Morgan fingerprint density at radius 3 is 2.41 bits per heavy atom. The summed E-state index contributed by atoms with van der Waals surface area (Å²) < 4.78 is 0. The zero-order valence-corrected chi connectivity index (χ0v) is 18.1. The molecule has 1 unspecified atom stereocenters. The number of nitrogens with one attached hydrogen (secondary N) is 3. The number of carbonyl (C=O) groups is 1. The van der Waals surface area contributed by atoms with Crippen molar-refractivity contribution >= 4 is 45.4 Å². The van der Waals surface area contributed by atoms with Crippen molar-refractivity contribution in [2.45, 2.75) is 6.04 Å². The Hall–Kier alpha value is -3.81. The second kappa shape index (κ2) is 10.00. The van der Waals surface area contributed by atoms with Crippen LogP contribution in [0.15, 0.2) is 91.3 Å². The fraction of sp³-hybridized carbons (Fsp3) is 0.0800. The van der Waals surface area contributed by atoms with Gasteiger partial charge in [0.05, 0.1) is 0 Å². The Labute approximate surface area is 191 Å². The van der Waals surface area contributed by atoms with Crippen LogP contribution in [0.5, 0.6) is 0 Å². The fourth-order valence-corrected chi connectivity index (χ4v) is 3.53. The van der Waals surface area contributed by atoms with Crippen LogP contribution in [0.1, 0.15) is 22.0 Å². The summed E-state index contributed by atoms with van der Waals surface area (Å²) in [5, 5.41) is 12.0. The SMILES string of the molecule is NC(CNC(=S)Nc1cccc2ccccc12)c1ccc(C(=O)Nc2ccncc2)cc1. The molecule has 7 heteroatoms. The molecule has 4 aromatic rings. The molecule has 0 aliphatic heterocycles. The van der Waals surface area contributed by atoms with Gasteiger partial charge in [0.15, 0.2) is 5.11 Å². The predicted molar refractivity (Wildman–Crippen MR) is 134 cm³/mol. The average molecular weight is 442 g/mol. The molecule has 1 aromatic heterocycles. The van der Waals surface area contributed by atoms with Crippen molar-refractivity contribution in [3.63, 3.8) is 0 Å². The Balaban J connectivity index is 1.32. The number of hydrogen-bond donors (Lipinski definition) is 4. The maximum atomic E-state index is 12.4. The van der Waals surface area contributed by atoms with Crippen LogP contribution >= 0.6 is 12.2 Å². The molecule has 0 bridgehead atoms. The van der Waals surface area contributed by atoms with Crippen molar-refractivity contribution in [2.75, 3.05) is 17.2 Å². The van der Waals surface area contributed by atoms with Gasteiger partial charge < -0.3 is 21.7 Å². The van der Waals surface area contributed by atoms with E-state index in [1.165, 1.54) is 0 Å². The number of nitrogens with two attached hydrogens (primary N) is 1. The predicted octanol–water partition coefficient (Wildman–Crippen LogP) is 4.47. The van der Waals surface area contributed by atoms with Crippen LogP contribution in [0, 0.1) is 0 Å². The van der Waals surface area contributed by atoms with Gasteiger partial charge in [0.2, 0.25) is 0 Å². The minimum Gasteiger partial charge on any atom is -0.361 e. The molecule has 6 nitrogen and oxygen atoms in total. The standard InChI is InChI=1S/C25H23N5OS/c26-22(16-28-25(32)30-23-7-3-5-17-4-1-2-6-21(17)23)18-8-10-19(11-9-18)24(31)29-20-12-14-27-15-13-20/h1-15,22H,16,26H2,(H,27,29,31)(H2,28,30,32). The monoisotopic (exact) mass is 441 g/mol. The third-order valence-corrected chi connectivity index (χ3v) is 5.31. The van der Waals surface area contributed by atoms with Crippen LogP contribution in [0.3, 0.4) is 0 Å². The zero-order chi connectivity index (χ0) is 22.3. The van der Waals surface area contributed by atoms with E-state index >= 15 is 0 Å². The summed E-state index contributed by atoms with van der Waals surface area (Å²) in [5.41, 5.74) is 9.42. The van der Waals surface area contributed by atoms with Crippen LogP contribution < -0.4 is 21.7 Å². The summed E-state index contributed by atoms with van der Waals surface area (Å²) in [5.74, 6) is -0.185. The van der Waals surface area contributed by atoms with Gasteiger partial charge in [0.25, 0.3) is 5.91 Å². The minimum absolute atomic E-state index is 0.185. The van der Waals surface area contributed by atoms with Gasteiger partial charge in [-0.05, 0) is 53.5 Å². The Bertz CT molecular complexity index is 1220. The van der Waals surface area contributed by atoms with Crippen LogP contribution in [0.2, 0.25) is 0 Å². The first-order valence-electron chi connectivity index (χ1n) is 10.2. The van der Waals surface area contributed by atoms with Gasteiger partial charge in [-0.3, -0.25) is 9.78 Å². The van der Waals surface area contributed by atoms with E-state index in [0.29, 0.717) is 22.9 Å². The molecular formula is C25H23N5OS. The van der Waals surface area contributed by atoms with Gasteiger partial charge in [-0.15, -0.1) is 0 Å². The molecule has 5 N–H and O–H groups in total. The van der Waals surface area contributed by atoms with Crippen LogP contribution in [0.25, 0.3) is 10.8 Å². The second-order valence-electron chi connectivity index (χ2n) is 7.28. The van der Waals surface area contributed by atoms with Gasteiger partial charge in [0, 0.05) is 47.3 Å². The number of nitrogens with zero attached hydrogens (tertiary/aromatic N) is 1. The lowest BCUT2D eigenvalue weighted by Crippen LogP contribution is -2.34. The van der Waals surface area contributed by atoms with Crippen molar-refractivity contribution in [1.29, 1.82) is 0 Å². The number of thiocarbonyl (C=S) groups is 1. The topological polar surface area (TPSA) is 92.1 Å². The van der Waals surface area contributed by atoms with E-state index in [-0.39, 0.29) is 11.9 Å². The molecule has 0 aliphatic carbocycles. The third-order valence-electron chi connectivity index (χ3n) is 5.06. The van der Waals surface area contributed by atoms with E-state index in [4.69, 9.17) is 18.0 Å². The van der Waals surface area contributed by atoms with Crippen molar-refractivity contribution in [3.05, 3.63) is 102 Å². The van der Waals surface area contributed by atoms with E-state index in [9.17, 15) is 4.79 Å². The lowest BCUT2D eigenvalue weighted by Gasteiger charge is -2.17. The van der Waals surface area contributed by atoms with E-state index in [0.717, 1.165) is 22.0 Å². The van der Waals surface area contributed by atoms with Gasteiger partial charge >= 0.3 is 0 Å². The molecule has 1 atom stereocenters. The summed E-state index contributed by atoms with van der Waals surface area (Å²) in [4.78, 5) is 16.3. The number of benzene rings is 3. The van der Waals surface area contributed by atoms with E-state index < -0.39 is 0 Å². The van der Waals surface area contributed by atoms with Gasteiger partial charge in [-0.1, -0.05) is 48.5 Å². The maximum Gasteiger partial charge on any atom is 0.255 e. The number of amides is 1. The second-order valence-corrected chi connectivity index (χ2v) is 7.69.